The quantitative estimate of drug-likeness (QED) is 0.775. The SMILES string of the molecule is O=C(Nc1cccc(OCCOc2cccc(Cl)c2)c1)C1CC1. The Kier molecular flexibility index (Phi) is 5.03. The first-order valence-electron chi connectivity index (χ1n) is 7.63. The fourth-order valence-electron chi connectivity index (χ4n) is 2.13. The van der Waals surface area contributed by atoms with Gasteiger partial charge in [-0.1, -0.05) is 23.7 Å². The molecular formula is C18H18ClNO3. The Bertz CT molecular complexity index is 685. The molecule has 0 unspecified atom stereocenters. The molecule has 0 bridgehead atoms. The van der Waals surface area contributed by atoms with Crippen molar-refractivity contribution in [3.63, 3.8) is 0 Å². The number of rotatable bonds is 7. The summed E-state index contributed by atoms with van der Waals surface area (Å²) in [7, 11) is 0. The summed E-state index contributed by atoms with van der Waals surface area (Å²) < 4.78 is 11.2. The summed E-state index contributed by atoms with van der Waals surface area (Å²) in [4.78, 5) is 11.7. The van der Waals surface area contributed by atoms with Gasteiger partial charge in [-0.3, -0.25) is 4.79 Å². The maximum absolute atomic E-state index is 11.7. The zero-order chi connectivity index (χ0) is 16.1. The van der Waals surface area contributed by atoms with Crippen molar-refractivity contribution in [1.82, 2.24) is 0 Å². The highest BCUT2D eigenvalue weighted by molar-refractivity contribution is 6.30. The average Bonchev–Trinajstić information content (AvgIpc) is 3.37. The molecule has 0 saturated heterocycles. The molecule has 23 heavy (non-hydrogen) atoms. The van der Waals surface area contributed by atoms with Crippen LogP contribution in [0.5, 0.6) is 11.5 Å². The summed E-state index contributed by atoms with van der Waals surface area (Å²) in [5.74, 6) is 1.69. The van der Waals surface area contributed by atoms with Gasteiger partial charge in [-0.05, 0) is 43.2 Å². The Balaban J connectivity index is 1.45. The summed E-state index contributed by atoms with van der Waals surface area (Å²) in [5.41, 5.74) is 0.759. The third-order valence-electron chi connectivity index (χ3n) is 3.47. The monoisotopic (exact) mass is 331 g/mol. The molecule has 2 aromatic carbocycles. The molecule has 1 fully saturated rings. The summed E-state index contributed by atoms with van der Waals surface area (Å²) in [6, 6.07) is 14.6. The fraction of sp³-hybridized carbons (Fsp3) is 0.278. The van der Waals surface area contributed by atoms with Gasteiger partial charge in [-0.2, -0.15) is 0 Å². The molecule has 0 radical (unpaired) electrons. The average molecular weight is 332 g/mol. The van der Waals surface area contributed by atoms with E-state index in [-0.39, 0.29) is 11.8 Å². The lowest BCUT2D eigenvalue weighted by Crippen LogP contribution is -2.13. The third kappa shape index (κ3) is 4.89. The minimum atomic E-state index is 0.0893. The summed E-state index contributed by atoms with van der Waals surface area (Å²) in [5, 5.41) is 3.54. The topological polar surface area (TPSA) is 47.6 Å². The van der Waals surface area contributed by atoms with E-state index in [2.05, 4.69) is 5.32 Å². The predicted molar refractivity (Wildman–Crippen MR) is 90.2 cm³/mol. The molecule has 4 nitrogen and oxygen atoms in total. The molecule has 1 saturated carbocycles. The normalized spacial score (nSPS) is 13.4. The third-order valence-corrected chi connectivity index (χ3v) is 3.70. The van der Waals surface area contributed by atoms with E-state index in [1.807, 2.05) is 36.4 Å². The van der Waals surface area contributed by atoms with Gasteiger partial charge in [0.1, 0.15) is 24.7 Å². The van der Waals surface area contributed by atoms with Gasteiger partial charge in [0.15, 0.2) is 0 Å². The number of nitrogens with one attached hydrogen (secondary N) is 1. The van der Waals surface area contributed by atoms with Crippen molar-refractivity contribution in [3.05, 3.63) is 53.6 Å². The number of halogens is 1. The Morgan fingerprint density at radius 3 is 2.35 bits per heavy atom. The smallest absolute Gasteiger partial charge is 0.227 e. The Morgan fingerprint density at radius 2 is 1.70 bits per heavy atom. The van der Waals surface area contributed by atoms with Crippen LogP contribution in [-0.2, 0) is 4.79 Å². The lowest BCUT2D eigenvalue weighted by atomic mass is 10.3. The first-order chi connectivity index (χ1) is 11.2. The van der Waals surface area contributed by atoms with Crippen LogP contribution in [0.25, 0.3) is 0 Å². The van der Waals surface area contributed by atoms with Crippen LogP contribution < -0.4 is 14.8 Å². The molecule has 3 rings (SSSR count). The van der Waals surface area contributed by atoms with Crippen LogP contribution >= 0.6 is 11.6 Å². The van der Waals surface area contributed by atoms with Gasteiger partial charge >= 0.3 is 0 Å². The highest BCUT2D eigenvalue weighted by atomic mass is 35.5. The van der Waals surface area contributed by atoms with Crippen molar-refractivity contribution in [1.29, 1.82) is 0 Å². The van der Waals surface area contributed by atoms with Crippen LogP contribution in [0, 0.1) is 5.92 Å². The molecule has 1 aliphatic rings. The largest absolute Gasteiger partial charge is 0.490 e. The number of hydrogen-bond acceptors (Lipinski definition) is 3. The highest BCUT2D eigenvalue weighted by Crippen LogP contribution is 2.30. The second-order valence-electron chi connectivity index (χ2n) is 5.45. The Labute approximate surface area is 140 Å². The molecule has 0 aliphatic heterocycles. The molecular weight excluding hydrogens is 314 g/mol. The number of hydrogen-bond donors (Lipinski definition) is 1. The molecule has 0 heterocycles. The van der Waals surface area contributed by atoms with Crippen LogP contribution in [0.15, 0.2) is 48.5 Å². The lowest BCUT2D eigenvalue weighted by Gasteiger charge is -2.10. The van der Waals surface area contributed by atoms with E-state index in [0.717, 1.165) is 18.5 Å². The Hall–Kier alpha value is -2.20. The number of benzene rings is 2. The summed E-state index contributed by atoms with van der Waals surface area (Å²) in [6.07, 6.45) is 1.98. The maximum atomic E-state index is 11.7. The van der Waals surface area contributed by atoms with Gasteiger partial charge in [0.25, 0.3) is 0 Å². The Morgan fingerprint density at radius 1 is 1.04 bits per heavy atom. The number of anilines is 1. The van der Waals surface area contributed by atoms with Gasteiger partial charge < -0.3 is 14.8 Å². The fourth-order valence-corrected chi connectivity index (χ4v) is 2.31. The van der Waals surface area contributed by atoms with Crippen LogP contribution in [0.4, 0.5) is 5.69 Å². The molecule has 0 spiro atoms. The van der Waals surface area contributed by atoms with Crippen molar-refractivity contribution in [2.45, 2.75) is 12.8 Å². The molecule has 0 atom stereocenters. The van der Waals surface area contributed by atoms with Gasteiger partial charge in [-0.15, -0.1) is 0 Å². The van der Waals surface area contributed by atoms with Crippen LogP contribution in [0.2, 0.25) is 5.02 Å². The van der Waals surface area contributed by atoms with Gasteiger partial charge in [-0.25, -0.2) is 0 Å². The minimum absolute atomic E-state index is 0.0893. The zero-order valence-electron chi connectivity index (χ0n) is 12.6. The molecule has 2 aromatic rings. The van der Waals surface area contributed by atoms with E-state index in [1.165, 1.54) is 0 Å². The van der Waals surface area contributed by atoms with Crippen molar-refractivity contribution in [3.8, 4) is 11.5 Å². The van der Waals surface area contributed by atoms with E-state index in [0.29, 0.717) is 29.7 Å². The van der Waals surface area contributed by atoms with Crippen molar-refractivity contribution in [2.75, 3.05) is 18.5 Å². The molecule has 0 aromatic heterocycles. The van der Waals surface area contributed by atoms with Crippen LogP contribution in [0.3, 0.4) is 0 Å². The number of carbonyl (C=O) groups excluding carboxylic acids is 1. The summed E-state index contributed by atoms with van der Waals surface area (Å²) >= 11 is 5.89. The van der Waals surface area contributed by atoms with Crippen molar-refractivity contribution in [2.24, 2.45) is 5.92 Å². The molecule has 1 N–H and O–H groups in total. The molecule has 120 valence electrons. The van der Waals surface area contributed by atoms with Crippen LogP contribution in [0.1, 0.15) is 12.8 Å². The van der Waals surface area contributed by atoms with Gasteiger partial charge in [0.2, 0.25) is 5.91 Å². The predicted octanol–water partition coefficient (Wildman–Crippen LogP) is 4.15. The van der Waals surface area contributed by atoms with E-state index >= 15 is 0 Å². The number of carbonyl (C=O) groups is 1. The van der Waals surface area contributed by atoms with Gasteiger partial charge in [0, 0.05) is 22.7 Å². The van der Waals surface area contributed by atoms with Crippen LogP contribution in [-0.4, -0.2) is 19.1 Å². The maximum Gasteiger partial charge on any atom is 0.227 e. The summed E-state index contributed by atoms with van der Waals surface area (Å²) in [6.45, 7) is 0.825. The van der Waals surface area contributed by atoms with Crippen molar-refractivity contribution < 1.29 is 14.3 Å². The molecule has 1 amide bonds. The van der Waals surface area contributed by atoms with E-state index in [4.69, 9.17) is 21.1 Å². The second kappa shape index (κ2) is 7.38. The lowest BCUT2D eigenvalue weighted by molar-refractivity contribution is -0.117. The van der Waals surface area contributed by atoms with Gasteiger partial charge in [0.05, 0.1) is 0 Å². The van der Waals surface area contributed by atoms with E-state index in [9.17, 15) is 4.79 Å². The zero-order valence-corrected chi connectivity index (χ0v) is 13.4. The molecule has 1 aliphatic carbocycles. The number of ether oxygens (including phenoxy) is 2. The van der Waals surface area contributed by atoms with E-state index in [1.54, 1.807) is 12.1 Å². The molecule has 5 heteroatoms. The first-order valence-corrected chi connectivity index (χ1v) is 8.00. The highest BCUT2D eigenvalue weighted by Gasteiger charge is 2.29. The van der Waals surface area contributed by atoms with Crippen molar-refractivity contribution >= 4 is 23.2 Å². The standard InChI is InChI=1S/C18H18ClNO3/c19-14-3-1-5-16(11-14)22-9-10-23-17-6-2-4-15(12-17)20-18(21)13-7-8-13/h1-6,11-13H,7-10H2,(H,20,21). The first kappa shape index (κ1) is 15.7. The second-order valence-corrected chi connectivity index (χ2v) is 5.88. The minimum Gasteiger partial charge on any atom is -0.490 e. The van der Waals surface area contributed by atoms with E-state index < -0.39 is 0 Å². The number of amides is 1.